The molecular weight excluding hydrogens is 280 g/mol. The number of benzene rings is 1. The second kappa shape index (κ2) is 6.10. The number of aliphatic hydroxyl groups is 1. The summed E-state index contributed by atoms with van der Waals surface area (Å²) in [6.07, 6.45) is 1.93. The van der Waals surface area contributed by atoms with E-state index in [0.717, 1.165) is 0 Å². The highest BCUT2D eigenvalue weighted by atomic mass is 32.2. The van der Waals surface area contributed by atoms with Crippen molar-refractivity contribution in [3.8, 4) is 0 Å². The Bertz CT molecular complexity index is 612. The van der Waals surface area contributed by atoms with Crippen molar-refractivity contribution in [1.82, 2.24) is 9.97 Å². The zero-order valence-electron chi connectivity index (χ0n) is 11.2. The lowest BCUT2D eigenvalue weighted by molar-refractivity contribution is -0.384. The fourth-order valence-corrected chi connectivity index (χ4v) is 2.55. The maximum Gasteiger partial charge on any atom is 0.271 e. The number of thioether (sulfide) groups is 1. The van der Waals surface area contributed by atoms with Gasteiger partial charge in [-0.2, -0.15) is 11.8 Å². The number of nitro groups is 1. The minimum atomic E-state index is -0.439. The summed E-state index contributed by atoms with van der Waals surface area (Å²) in [6, 6.07) is 4.51. The lowest BCUT2D eigenvalue weighted by atomic mass is 10.2. The van der Waals surface area contributed by atoms with Crippen molar-refractivity contribution < 1.29 is 10.0 Å². The molecule has 1 aromatic heterocycles. The van der Waals surface area contributed by atoms with E-state index in [-0.39, 0.29) is 23.6 Å². The molecule has 0 fully saturated rings. The first-order valence-corrected chi connectivity index (χ1v) is 7.38. The van der Waals surface area contributed by atoms with Crippen LogP contribution in [0.2, 0.25) is 0 Å². The van der Waals surface area contributed by atoms with E-state index in [4.69, 9.17) is 0 Å². The third kappa shape index (κ3) is 3.02. The van der Waals surface area contributed by atoms with Gasteiger partial charge in [0.25, 0.3) is 5.69 Å². The van der Waals surface area contributed by atoms with E-state index in [1.807, 2.05) is 13.2 Å². The smallest absolute Gasteiger partial charge is 0.271 e. The second-order valence-electron chi connectivity index (χ2n) is 4.43. The summed E-state index contributed by atoms with van der Waals surface area (Å²) in [4.78, 5) is 17.6. The number of fused-ring (bicyclic) bond motifs is 1. The quantitative estimate of drug-likeness (QED) is 0.556. The van der Waals surface area contributed by atoms with Crippen LogP contribution in [0.3, 0.4) is 0 Å². The molecule has 2 unspecified atom stereocenters. The van der Waals surface area contributed by atoms with Gasteiger partial charge in [-0.05, 0) is 19.2 Å². The van der Waals surface area contributed by atoms with E-state index >= 15 is 0 Å². The first-order chi connectivity index (χ1) is 9.55. The number of hydrogen-bond donors (Lipinski definition) is 3. The SMILES string of the molecule is CSC(CO)C(C)Nc1nc2ccc([N+](=O)[O-])cc2[nH]1. The number of nitrogens with one attached hydrogen (secondary N) is 2. The summed E-state index contributed by atoms with van der Waals surface area (Å²) >= 11 is 1.57. The molecule has 0 radical (unpaired) electrons. The van der Waals surface area contributed by atoms with Crippen LogP contribution in [0.25, 0.3) is 11.0 Å². The van der Waals surface area contributed by atoms with Crippen molar-refractivity contribution in [2.24, 2.45) is 0 Å². The van der Waals surface area contributed by atoms with Crippen molar-refractivity contribution in [3.05, 3.63) is 28.3 Å². The fraction of sp³-hybridized carbons (Fsp3) is 0.417. The van der Waals surface area contributed by atoms with Crippen molar-refractivity contribution in [2.45, 2.75) is 18.2 Å². The summed E-state index contributed by atoms with van der Waals surface area (Å²) in [7, 11) is 0. The molecule has 7 nitrogen and oxygen atoms in total. The predicted molar refractivity (Wildman–Crippen MR) is 80.2 cm³/mol. The van der Waals surface area contributed by atoms with E-state index in [0.29, 0.717) is 17.0 Å². The van der Waals surface area contributed by atoms with Gasteiger partial charge in [-0.25, -0.2) is 4.98 Å². The van der Waals surface area contributed by atoms with Crippen LogP contribution in [0.5, 0.6) is 0 Å². The number of non-ortho nitro benzene ring substituents is 1. The van der Waals surface area contributed by atoms with E-state index in [1.165, 1.54) is 12.1 Å². The molecule has 0 saturated carbocycles. The average Bonchev–Trinajstić information content (AvgIpc) is 2.80. The summed E-state index contributed by atoms with van der Waals surface area (Å²) < 4.78 is 0. The number of rotatable bonds is 6. The molecule has 0 aliphatic rings. The van der Waals surface area contributed by atoms with Crippen LogP contribution in [-0.2, 0) is 0 Å². The molecule has 8 heteroatoms. The Labute approximate surface area is 119 Å². The Balaban J connectivity index is 2.21. The summed E-state index contributed by atoms with van der Waals surface area (Å²) in [6.45, 7) is 2.02. The Morgan fingerprint density at radius 1 is 1.60 bits per heavy atom. The number of hydrogen-bond acceptors (Lipinski definition) is 6. The van der Waals surface area contributed by atoms with Gasteiger partial charge in [0.05, 0.1) is 22.6 Å². The molecule has 0 bridgehead atoms. The monoisotopic (exact) mass is 296 g/mol. The average molecular weight is 296 g/mol. The van der Waals surface area contributed by atoms with Crippen molar-refractivity contribution in [3.63, 3.8) is 0 Å². The molecule has 0 amide bonds. The maximum absolute atomic E-state index is 10.7. The Morgan fingerprint density at radius 3 is 2.95 bits per heavy atom. The molecule has 2 aromatic rings. The molecule has 0 spiro atoms. The number of imidazole rings is 1. The number of nitrogens with zero attached hydrogens (tertiary/aromatic N) is 2. The lowest BCUT2D eigenvalue weighted by Crippen LogP contribution is -2.31. The molecule has 3 N–H and O–H groups in total. The third-order valence-corrected chi connectivity index (χ3v) is 4.24. The highest BCUT2D eigenvalue weighted by Gasteiger charge is 2.17. The number of aromatic amines is 1. The van der Waals surface area contributed by atoms with Gasteiger partial charge < -0.3 is 15.4 Å². The number of H-pyrrole nitrogens is 1. The van der Waals surface area contributed by atoms with E-state index in [9.17, 15) is 15.2 Å². The van der Waals surface area contributed by atoms with E-state index < -0.39 is 4.92 Å². The van der Waals surface area contributed by atoms with Crippen LogP contribution in [-0.4, -0.2) is 44.2 Å². The number of aromatic nitrogens is 2. The lowest BCUT2D eigenvalue weighted by Gasteiger charge is -2.20. The molecule has 108 valence electrons. The van der Waals surface area contributed by atoms with Gasteiger partial charge in [-0.15, -0.1) is 0 Å². The molecule has 0 aliphatic heterocycles. The van der Waals surface area contributed by atoms with Gasteiger partial charge >= 0.3 is 0 Å². The van der Waals surface area contributed by atoms with Gasteiger partial charge in [0, 0.05) is 23.4 Å². The highest BCUT2D eigenvalue weighted by Crippen LogP contribution is 2.21. The molecule has 0 aliphatic carbocycles. The summed E-state index contributed by atoms with van der Waals surface area (Å²) in [5, 5.41) is 23.2. The first-order valence-electron chi connectivity index (χ1n) is 6.09. The molecule has 2 atom stereocenters. The van der Waals surface area contributed by atoms with Crippen LogP contribution >= 0.6 is 11.8 Å². The van der Waals surface area contributed by atoms with Gasteiger partial charge in [-0.1, -0.05) is 0 Å². The molecule has 0 saturated heterocycles. The fourth-order valence-electron chi connectivity index (χ4n) is 1.92. The largest absolute Gasteiger partial charge is 0.395 e. The summed E-state index contributed by atoms with van der Waals surface area (Å²) in [5.41, 5.74) is 1.30. The maximum atomic E-state index is 10.7. The molecule has 20 heavy (non-hydrogen) atoms. The molecule has 1 heterocycles. The number of aliphatic hydroxyl groups excluding tert-OH is 1. The Kier molecular flexibility index (Phi) is 4.46. The van der Waals surface area contributed by atoms with E-state index in [1.54, 1.807) is 17.8 Å². The standard InChI is InChI=1S/C12H16N4O3S/c1-7(11(6-17)20-2)13-12-14-9-4-3-8(16(18)19)5-10(9)15-12/h3-5,7,11,17H,6H2,1-2H3,(H2,13,14,15). The van der Waals surface area contributed by atoms with Crippen LogP contribution in [0.4, 0.5) is 11.6 Å². The zero-order chi connectivity index (χ0) is 14.7. The van der Waals surface area contributed by atoms with Crippen molar-refractivity contribution >= 4 is 34.4 Å². The highest BCUT2D eigenvalue weighted by molar-refractivity contribution is 7.99. The Hall–Kier alpha value is -1.80. The third-order valence-electron chi connectivity index (χ3n) is 3.08. The van der Waals surface area contributed by atoms with Gasteiger partial charge in [0.2, 0.25) is 5.95 Å². The molecule has 1 aromatic carbocycles. The first kappa shape index (κ1) is 14.6. The second-order valence-corrected chi connectivity index (χ2v) is 5.51. The van der Waals surface area contributed by atoms with Crippen LogP contribution in [0.15, 0.2) is 18.2 Å². The normalized spacial score (nSPS) is 14.2. The molecule has 2 rings (SSSR count). The minimum Gasteiger partial charge on any atom is -0.395 e. The number of nitro benzene ring substituents is 1. The van der Waals surface area contributed by atoms with Crippen molar-refractivity contribution in [2.75, 3.05) is 18.2 Å². The number of anilines is 1. The van der Waals surface area contributed by atoms with Crippen LogP contribution in [0, 0.1) is 10.1 Å². The van der Waals surface area contributed by atoms with Crippen LogP contribution in [0.1, 0.15) is 6.92 Å². The minimum absolute atomic E-state index is 0.0190. The molecular formula is C12H16N4O3S. The van der Waals surface area contributed by atoms with Crippen LogP contribution < -0.4 is 5.32 Å². The zero-order valence-corrected chi connectivity index (χ0v) is 12.0. The topological polar surface area (TPSA) is 104 Å². The van der Waals surface area contributed by atoms with Gasteiger partial charge in [0.1, 0.15) is 0 Å². The predicted octanol–water partition coefficient (Wildman–Crippen LogP) is 2.00. The van der Waals surface area contributed by atoms with Gasteiger partial charge in [0.15, 0.2) is 0 Å². The summed E-state index contributed by atoms with van der Waals surface area (Å²) in [5.74, 6) is 0.542. The van der Waals surface area contributed by atoms with Gasteiger partial charge in [-0.3, -0.25) is 10.1 Å². The Morgan fingerprint density at radius 2 is 2.35 bits per heavy atom. The van der Waals surface area contributed by atoms with Crippen molar-refractivity contribution in [1.29, 1.82) is 0 Å². The van der Waals surface area contributed by atoms with E-state index in [2.05, 4.69) is 15.3 Å².